The topological polar surface area (TPSA) is 182 Å². The molecule has 0 aliphatic rings. The molecule has 0 spiro atoms. The number of aromatic hydroxyl groups is 1. The fourth-order valence-corrected chi connectivity index (χ4v) is 4.24. The molecule has 0 saturated carbocycles. The standard InChI is InChI=1S/C18H14N4O7S2/c1-9-19-14-7-6-12-13(16(14)20-9)8-15(31(27,28)29)17(18(12)23)22-21-10-2-4-11(5-3-10)30(24,25)26/h2-8,23H,1H3,(H,19,20)(H,24,25,26)(H,27,28,29)/b22-21-. The number of rotatable bonds is 4. The molecule has 1 aromatic heterocycles. The summed E-state index contributed by atoms with van der Waals surface area (Å²) in [6.07, 6.45) is 0. The Hall–Kier alpha value is -3.39. The number of phenolic OH excluding ortho intramolecular Hbond substituents is 1. The van der Waals surface area contributed by atoms with Crippen molar-refractivity contribution in [3.05, 3.63) is 48.3 Å². The summed E-state index contributed by atoms with van der Waals surface area (Å²) in [6, 6.07) is 8.89. The third kappa shape index (κ3) is 3.86. The van der Waals surface area contributed by atoms with E-state index in [1.165, 1.54) is 18.2 Å². The molecule has 4 aromatic rings. The van der Waals surface area contributed by atoms with Crippen LogP contribution in [-0.2, 0) is 20.2 Å². The Balaban J connectivity index is 1.91. The lowest BCUT2D eigenvalue weighted by Gasteiger charge is -2.09. The molecule has 11 nitrogen and oxygen atoms in total. The molecule has 0 unspecified atom stereocenters. The first-order chi connectivity index (χ1) is 14.4. The summed E-state index contributed by atoms with van der Waals surface area (Å²) >= 11 is 0. The predicted octanol–water partition coefficient (Wildman–Crippen LogP) is 3.64. The molecule has 0 fully saturated rings. The molecule has 3 aromatic carbocycles. The van der Waals surface area contributed by atoms with Gasteiger partial charge in [-0.2, -0.15) is 21.9 Å². The molecule has 1 heterocycles. The maximum Gasteiger partial charge on any atom is 0.296 e. The highest BCUT2D eigenvalue weighted by Gasteiger charge is 2.23. The molecule has 13 heteroatoms. The Labute approximate surface area is 175 Å². The van der Waals surface area contributed by atoms with Gasteiger partial charge in [0.15, 0.2) is 5.75 Å². The average Bonchev–Trinajstić information content (AvgIpc) is 3.06. The number of hydrogen-bond acceptors (Lipinski definition) is 8. The SMILES string of the molecule is Cc1nc2ccc3c(O)c(/N=N\c4ccc(S(=O)(=O)O)cc4)c(S(=O)(=O)O)cc3c2[nH]1. The smallest absolute Gasteiger partial charge is 0.296 e. The fourth-order valence-electron chi connectivity index (χ4n) is 3.11. The molecule has 0 saturated heterocycles. The maximum atomic E-state index is 12.0. The summed E-state index contributed by atoms with van der Waals surface area (Å²) in [6.45, 7) is 1.71. The molecular formula is C18H14N4O7S2. The Kier molecular flexibility index (Phi) is 4.77. The van der Waals surface area contributed by atoms with Gasteiger partial charge < -0.3 is 10.1 Å². The zero-order valence-electron chi connectivity index (χ0n) is 15.7. The Morgan fingerprint density at radius 1 is 0.903 bits per heavy atom. The third-order valence-electron chi connectivity index (χ3n) is 4.48. The molecular weight excluding hydrogens is 448 g/mol. The van der Waals surface area contributed by atoms with Gasteiger partial charge in [0.05, 0.1) is 21.6 Å². The number of aromatic amines is 1. The van der Waals surface area contributed by atoms with E-state index in [1.54, 1.807) is 13.0 Å². The van der Waals surface area contributed by atoms with Gasteiger partial charge >= 0.3 is 0 Å². The van der Waals surface area contributed by atoms with Gasteiger partial charge in [-0.05, 0) is 49.4 Å². The summed E-state index contributed by atoms with van der Waals surface area (Å²) in [5.41, 5.74) is 0.621. The van der Waals surface area contributed by atoms with Gasteiger partial charge in [-0.15, -0.1) is 5.11 Å². The van der Waals surface area contributed by atoms with Crippen LogP contribution in [0.1, 0.15) is 5.82 Å². The lowest BCUT2D eigenvalue weighted by molar-refractivity contribution is 0.472. The molecule has 0 radical (unpaired) electrons. The maximum absolute atomic E-state index is 12.0. The molecule has 4 N–H and O–H groups in total. The number of hydrogen-bond donors (Lipinski definition) is 4. The van der Waals surface area contributed by atoms with Crippen LogP contribution in [0, 0.1) is 6.92 Å². The van der Waals surface area contributed by atoms with Crippen molar-refractivity contribution < 1.29 is 31.0 Å². The number of H-pyrrole nitrogens is 1. The van der Waals surface area contributed by atoms with Crippen molar-refractivity contribution in [3.63, 3.8) is 0 Å². The van der Waals surface area contributed by atoms with Crippen LogP contribution in [0.15, 0.2) is 62.5 Å². The monoisotopic (exact) mass is 462 g/mol. The van der Waals surface area contributed by atoms with Crippen molar-refractivity contribution in [2.75, 3.05) is 0 Å². The average molecular weight is 462 g/mol. The third-order valence-corrected chi connectivity index (χ3v) is 6.22. The molecule has 31 heavy (non-hydrogen) atoms. The van der Waals surface area contributed by atoms with Crippen LogP contribution >= 0.6 is 0 Å². The van der Waals surface area contributed by atoms with E-state index in [9.17, 15) is 26.5 Å². The van der Waals surface area contributed by atoms with Crippen molar-refractivity contribution in [2.45, 2.75) is 16.7 Å². The minimum Gasteiger partial charge on any atom is -0.505 e. The van der Waals surface area contributed by atoms with E-state index in [0.29, 0.717) is 22.2 Å². The summed E-state index contributed by atoms with van der Waals surface area (Å²) in [4.78, 5) is 6.20. The lowest BCUT2D eigenvalue weighted by Crippen LogP contribution is -1.99. The van der Waals surface area contributed by atoms with Crippen LogP contribution in [0.4, 0.5) is 11.4 Å². The number of imidazole rings is 1. The Morgan fingerprint density at radius 2 is 1.58 bits per heavy atom. The molecule has 160 valence electrons. The molecule has 4 rings (SSSR count). The van der Waals surface area contributed by atoms with Crippen molar-refractivity contribution >= 4 is 53.4 Å². The first-order valence-electron chi connectivity index (χ1n) is 8.57. The first kappa shape index (κ1) is 20.9. The van der Waals surface area contributed by atoms with Gasteiger partial charge in [0.25, 0.3) is 20.2 Å². The van der Waals surface area contributed by atoms with Crippen molar-refractivity contribution in [3.8, 4) is 5.75 Å². The van der Waals surface area contributed by atoms with Crippen LogP contribution in [0.3, 0.4) is 0 Å². The highest BCUT2D eigenvalue weighted by Crippen LogP contribution is 2.43. The molecule has 0 amide bonds. The van der Waals surface area contributed by atoms with Crippen LogP contribution in [-0.4, -0.2) is 41.0 Å². The summed E-state index contributed by atoms with van der Waals surface area (Å²) in [7, 11) is -9.19. The van der Waals surface area contributed by atoms with E-state index in [4.69, 9.17) is 4.55 Å². The number of nitrogens with zero attached hydrogens (tertiary/aromatic N) is 3. The first-order valence-corrected chi connectivity index (χ1v) is 11.4. The van der Waals surface area contributed by atoms with Gasteiger partial charge in [-0.3, -0.25) is 9.11 Å². The van der Waals surface area contributed by atoms with Crippen molar-refractivity contribution in [2.24, 2.45) is 10.2 Å². The van der Waals surface area contributed by atoms with E-state index < -0.39 is 36.6 Å². The van der Waals surface area contributed by atoms with Gasteiger partial charge in [0.1, 0.15) is 16.4 Å². The van der Waals surface area contributed by atoms with E-state index in [2.05, 4.69) is 20.2 Å². The van der Waals surface area contributed by atoms with Crippen LogP contribution in [0.25, 0.3) is 21.8 Å². The second kappa shape index (κ2) is 7.09. The lowest BCUT2D eigenvalue weighted by atomic mass is 10.1. The largest absolute Gasteiger partial charge is 0.505 e. The number of phenols is 1. The van der Waals surface area contributed by atoms with E-state index in [-0.39, 0.29) is 16.0 Å². The normalized spacial score (nSPS) is 12.9. The van der Waals surface area contributed by atoms with Gasteiger partial charge in [-0.25, -0.2) is 4.98 Å². The highest BCUT2D eigenvalue weighted by atomic mass is 32.2. The van der Waals surface area contributed by atoms with Crippen LogP contribution in [0.5, 0.6) is 5.75 Å². The summed E-state index contributed by atoms with van der Waals surface area (Å²) in [5.74, 6) is 0.0464. The van der Waals surface area contributed by atoms with Crippen LogP contribution in [0.2, 0.25) is 0 Å². The summed E-state index contributed by atoms with van der Waals surface area (Å²) in [5, 5.41) is 18.8. The Morgan fingerprint density at radius 3 is 2.19 bits per heavy atom. The van der Waals surface area contributed by atoms with E-state index in [1.807, 2.05) is 0 Å². The molecule has 0 aliphatic carbocycles. The number of aryl methyl sites for hydroxylation is 1. The molecule has 0 atom stereocenters. The van der Waals surface area contributed by atoms with Gasteiger partial charge in [0.2, 0.25) is 0 Å². The highest BCUT2D eigenvalue weighted by molar-refractivity contribution is 7.86. The quantitative estimate of drug-likeness (QED) is 0.262. The fraction of sp³-hybridized carbons (Fsp3) is 0.0556. The number of azo groups is 1. The number of fused-ring (bicyclic) bond motifs is 3. The minimum absolute atomic E-state index is 0.104. The van der Waals surface area contributed by atoms with Gasteiger partial charge in [0, 0.05) is 10.8 Å². The molecule has 0 bridgehead atoms. The van der Waals surface area contributed by atoms with Gasteiger partial charge in [-0.1, -0.05) is 0 Å². The zero-order valence-corrected chi connectivity index (χ0v) is 17.3. The van der Waals surface area contributed by atoms with Crippen LogP contribution < -0.4 is 0 Å². The second-order valence-electron chi connectivity index (χ2n) is 6.59. The summed E-state index contributed by atoms with van der Waals surface area (Å²) < 4.78 is 64.9. The van der Waals surface area contributed by atoms with Crippen molar-refractivity contribution in [1.82, 2.24) is 9.97 Å². The zero-order chi connectivity index (χ0) is 22.6. The number of nitrogens with one attached hydrogen (secondary N) is 1. The van der Waals surface area contributed by atoms with Crippen molar-refractivity contribution in [1.29, 1.82) is 0 Å². The minimum atomic E-state index is -4.80. The predicted molar refractivity (Wildman–Crippen MR) is 110 cm³/mol. The molecule has 0 aliphatic heterocycles. The van der Waals surface area contributed by atoms with E-state index in [0.717, 1.165) is 18.2 Å². The second-order valence-corrected chi connectivity index (χ2v) is 9.40. The number of benzene rings is 3. The number of aromatic nitrogens is 2. The Bertz CT molecular complexity index is 1590. The van der Waals surface area contributed by atoms with E-state index >= 15 is 0 Å².